The molecule has 0 aliphatic carbocycles. The zero-order valence-corrected chi connectivity index (χ0v) is 12.0. The summed E-state index contributed by atoms with van der Waals surface area (Å²) in [5.41, 5.74) is 10.4. The van der Waals surface area contributed by atoms with Gasteiger partial charge in [0.25, 0.3) is 0 Å². The highest BCUT2D eigenvalue weighted by Gasteiger charge is 2.08. The van der Waals surface area contributed by atoms with Gasteiger partial charge in [0.15, 0.2) is 0 Å². The van der Waals surface area contributed by atoms with Crippen LogP contribution >= 0.6 is 0 Å². The van der Waals surface area contributed by atoms with Crippen molar-refractivity contribution in [2.75, 3.05) is 0 Å². The molecule has 3 N–H and O–H groups in total. The van der Waals surface area contributed by atoms with E-state index in [9.17, 15) is 0 Å². The average molecular weight is 269 g/mol. The number of benzene rings is 1. The molecule has 0 amide bonds. The highest BCUT2D eigenvalue weighted by atomic mass is 16.5. The Hall–Kier alpha value is -2.36. The van der Waals surface area contributed by atoms with Crippen LogP contribution in [0.15, 0.2) is 30.6 Å². The molecule has 4 heteroatoms. The maximum Gasteiger partial charge on any atom is 0.125 e. The second-order valence-corrected chi connectivity index (χ2v) is 5.01. The topological polar surface area (TPSA) is 72.0 Å². The van der Waals surface area contributed by atoms with E-state index in [2.05, 4.69) is 11.1 Å². The molecule has 1 aromatic carbocycles. The van der Waals surface area contributed by atoms with Gasteiger partial charge in [-0.15, -0.1) is 0 Å². The second-order valence-electron chi connectivity index (χ2n) is 5.01. The molecule has 0 atom stereocenters. The largest absolute Gasteiger partial charge is 0.488 e. The quantitative estimate of drug-likeness (QED) is 0.662. The van der Waals surface area contributed by atoms with Crippen molar-refractivity contribution < 1.29 is 4.74 Å². The molecule has 2 rings (SSSR count). The van der Waals surface area contributed by atoms with Crippen molar-refractivity contribution in [2.45, 2.75) is 27.4 Å². The zero-order valence-electron chi connectivity index (χ0n) is 12.0. The fraction of sp³-hybridized carbons (Fsp3) is 0.250. The van der Waals surface area contributed by atoms with Gasteiger partial charge >= 0.3 is 0 Å². The van der Waals surface area contributed by atoms with E-state index in [4.69, 9.17) is 15.9 Å². The summed E-state index contributed by atoms with van der Waals surface area (Å²) in [6, 6.07) is 5.81. The molecule has 0 spiro atoms. The van der Waals surface area contributed by atoms with Gasteiger partial charge in [0.2, 0.25) is 0 Å². The van der Waals surface area contributed by atoms with Gasteiger partial charge in [-0.3, -0.25) is 10.4 Å². The molecule has 0 saturated carbocycles. The Balaban J connectivity index is 2.20. The Kier molecular flexibility index (Phi) is 4.03. The number of hydrogen-bond donors (Lipinski definition) is 2. The number of nitrogens with zero attached hydrogens (tertiary/aromatic N) is 1. The number of nitrogen functional groups attached to an aromatic ring is 1. The van der Waals surface area contributed by atoms with Crippen molar-refractivity contribution in [1.82, 2.24) is 4.98 Å². The summed E-state index contributed by atoms with van der Waals surface area (Å²) in [6.07, 6.45) is 3.63. The van der Waals surface area contributed by atoms with Crippen LogP contribution in [0.2, 0.25) is 0 Å². The third-order valence-corrected chi connectivity index (χ3v) is 3.09. The lowest BCUT2D eigenvalue weighted by Crippen LogP contribution is -2.12. The number of nitrogens with one attached hydrogen (secondary N) is 1. The van der Waals surface area contributed by atoms with E-state index in [1.54, 1.807) is 0 Å². The van der Waals surface area contributed by atoms with Crippen molar-refractivity contribution in [3.8, 4) is 5.75 Å². The van der Waals surface area contributed by atoms with Crippen LogP contribution in [0.1, 0.15) is 27.8 Å². The first-order chi connectivity index (χ1) is 9.47. The van der Waals surface area contributed by atoms with E-state index >= 15 is 0 Å². The summed E-state index contributed by atoms with van der Waals surface area (Å²) in [4.78, 5) is 4.15. The first-order valence-electron chi connectivity index (χ1n) is 6.46. The summed E-state index contributed by atoms with van der Waals surface area (Å²) in [7, 11) is 0. The van der Waals surface area contributed by atoms with Gasteiger partial charge in [-0.1, -0.05) is 0 Å². The maximum atomic E-state index is 7.49. The lowest BCUT2D eigenvalue weighted by Gasteiger charge is -2.14. The summed E-state index contributed by atoms with van der Waals surface area (Å²) in [5.74, 6) is 0.919. The smallest absolute Gasteiger partial charge is 0.125 e. The highest BCUT2D eigenvalue weighted by molar-refractivity contribution is 5.95. The molecule has 0 bridgehead atoms. The lowest BCUT2D eigenvalue weighted by atomic mass is 10.1. The molecule has 0 aliphatic rings. The van der Waals surface area contributed by atoms with Gasteiger partial charge in [0, 0.05) is 23.5 Å². The lowest BCUT2D eigenvalue weighted by molar-refractivity contribution is 0.301. The van der Waals surface area contributed by atoms with Crippen LogP contribution in [0.25, 0.3) is 0 Å². The van der Waals surface area contributed by atoms with Crippen molar-refractivity contribution in [2.24, 2.45) is 5.73 Å². The Morgan fingerprint density at radius 1 is 1.15 bits per heavy atom. The molecule has 1 aromatic heterocycles. The van der Waals surface area contributed by atoms with E-state index in [-0.39, 0.29) is 5.84 Å². The molecule has 20 heavy (non-hydrogen) atoms. The van der Waals surface area contributed by atoms with Gasteiger partial charge in [-0.2, -0.15) is 0 Å². The minimum atomic E-state index is 0.0747. The van der Waals surface area contributed by atoms with Crippen molar-refractivity contribution >= 4 is 5.84 Å². The number of aromatic nitrogens is 1. The summed E-state index contributed by atoms with van der Waals surface area (Å²) in [5, 5.41) is 7.49. The van der Waals surface area contributed by atoms with Crippen LogP contribution in [0, 0.1) is 26.2 Å². The van der Waals surface area contributed by atoms with Gasteiger partial charge in [-0.25, -0.2) is 0 Å². The predicted molar refractivity (Wildman–Crippen MR) is 80.2 cm³/mol. The third-order valence-electron chi connectivity index (χ3n) is 3.09. The SMILES string of the molecule is Cc1cncc(COc2c(C)cc(C(=N)N)cc2C)c1. The second kappa shape index (κ2) is 5.74. The minimum absolute atomic E-state index is 0.0747. The minimum Gasteiger partial charge on any atom is -0.488 e. The number of rotatable bonds is 4. The number of hydrogen-bond acceptors (Lipinski definition) is 3. The fourth-order valence-corrected chi connectivity index (χ4v) is 2.19. The van der Waals surface area contributed by atoms with Crippen LogP contribution in [0.3, 0.4) is 0 Å². The van der Waals surface area contributed by atoms with Gasteiger partial charge in [-0.05, 0) is 55.7 Å². The number of ether oxygens (including phenoxy) is 1. The maximum absolute atomic E-state index is 7.49. The Bertz CT molecular complexity index is 627. The molecular weight excluding hydrogens is 250 g/mol. The van der Waals surface area contributed by atoms with E-state index in [0.717, 1.165) is 33.6 Å². The number of nitrogens with two attached hydrogens (primary N) is 1. The average Bonchev–Trinajstić information content (AvgIpc) is 2.37. The normalized spacial score (nSPS) is 10.3. The van der Waals surface area contributed by atoms with E-state index in [1.165, 1.54) is 0 Å². The molecular formula is C16H19N3O. The van der Waals surface area contributed by atoms with Crippen LogP contribution in [-0.4, -0.2) is 10.8 Å². The van der Waals surface area contributed by atoms with Crippen LogP contribution < -0.4 is 10.5 Å². The monoisotopic (exact) mass is 269 g/mol. The molecule has 104 valence electrons. The van der Waals surface area contributed by atoms with E-state index in [1.807, 2.05) is 45.3 Å². The summed E-state index contributed by atoms with van der Waals surface area (Å²) < 4.78 is 5.89. The Labute approximate surface area is 119 Å². The molecule has 0 aliphatic heterocycles. The van der Waals surface area contributed by atoms with Crippen LogP contribution in [-0.2, 0) is 6.61 Å². The molecule has 4 nitrogen and oxygen atoms in total. The van der Waals surface area contributed by atoms with Crippen LogP contribution in [0.4, 0.5) is 0 Å². The highest BCUT2D eigenvalue weighted by Crippen LogP contribution is 2.25. The molecule has 0 radical (unpaired) electrons. The number of amidine groups is 1. The first kappa shape index (κ1) is 14.1. The van der Waals surface area contributed by atoms with Gasteiger partial charge < -0.3 is 10.5 Å². The van der Waals surface area contributed by atoms with Crippen molar-refractivity contribution in [3.63, 3.8) is 0 Å². The van der Waals surface area contributed by atoms with Crippen molar-refractivity contribution in [3.05, 3.63) is 58.4 Å². The summed E-state index contributed by atoms with van der Waals surface area (Å²) in [6.45, 7) is 6.41. The Morgan fingerprint density at radius 3 is 2.35 bits per heavy atom. The number of pyridine rings is 1. The van der Waals surface area contributed by atoms with Crippen molar-refractivity contribution in [1.29, 1.82) is 5.41 Å². The van der Waals surface area contributed by atoms with Gasteiger partial charge in [0.1, 0.15) is 18.2 Å². The van der Waals surface area contributed by atoms with E-state index < -0.39 is 0 Å². The third kappa shape index (κ3) is 3.15. The first-order valence-corrected chi connectivity index (χ1v) is 6.46. The van der Waals surface area contributed by atoms with Crippen LogP contribution in [0.5, 0.6) is 5.75 Å². The summed E-state index contributed by atoms with van der Waals surface area (Å²) >= 11 is 0. The van der Waals surface area contributed by atoms with Gasteiger partial charge in [0.05, 0.1) is 0 Å². The number of aryl methyl sites for hydroxylation is 3. The zero-order chi connectivity index (χ0) is 14.7. The molecule has 0 unspecified atom stereocenters. The molecule has 2 aromatic rings. The fourth-order valence-electron chi connectivity index (χ4n) is 2.19. The molecule has 0 fully saturated rings. The standard InChI is InChI=1S/C16H19N3O/c1-10-4-13(8-19-7-10)9-20-15-11(2)5-14(16(17)18)6-12(15)3/h4-8H,9H2,1-3H3,(H3,17,18). The Morgan fingerprint density at radius 2 is 1.80 bits per heavy atom. The predicted octanol–water partition coefficient (Wildman–Crippen LogP) is 2.87. The molecule has 1 heterocycles. The van der Waals surface area contributed by atoms with E-state index in [0.29, 0.717) is 6.61 Å². The molecule has 0 saturated heterocycles.